The van der Waals surface area contributed by atoms with Crippen LogP contribution in [0.25, 0.3) is 0 Å². The number of aromatic nitrogens is 2. The molecule has 4 saturated carbocycles. The maximum Gasteiger partial charge on any atom is 0.260 e. The Morgan fingerprint density at radius 2 is 1.92 bits per heavy atom. The van der Waals surface area contributed by atoms with Crippen LogP contribution in [0.2, 0.25) is 0 Å². The van der Waals surface area contributed by atoms with Crippen LogP contribution in [0.5, 0.6) is 0 Å². The summed E-state index contributed by atoms with van der Waals surface area (Å²) in [7, 11) is 0. The first kappa shape index (κ1) is 15.7. The molecular weight excluding hydrogens is 304 g/mol. The van der Waals surface area contributed by atoms with Crippen molar-refractivity contribution in [1.29, 1.82) is 0 Å². The highest BCUT2D eigenvalue weighted by Gasteiger charge is 2.51. The lowest BCUT2D eigenvalue weighted by molar-refractivity contribution is -0.116. The number of anilines is 1. The number of nitrogens with one attached hydrogen (secondary N) is 1. The molecule has 24 heavy (non-hydrogen) atoms. The van der Waals surface area contributed by atoms with Gasteiger partial charge in [-0.25, -0.2) is 0 Å². The van der Waals surface area contributed by atoms with Crippen LogP contribution >= 0.6 is 0 Å². The van der Waals surface area contributed by atoms with Crippen LogP contribution in [0.4, 0.5) is 5.95 Å². The fourth-order valence-electron chi connectivity index (χ4n) is 5.66. The zero-order valence-corrected chi connectivity index (χ0v) is 14.3. The van der Waals surface area contributed by atoms with E-state index in [1.165, 1.54) is 44.1 Å². The lowest BCUT2D eigenvalue weighted by Gasteiger charge is -2.57. The molecule has 0 aromatic carbocycles. The van der Waals surface area contributed by atoms with Gasteiger partial charge in [0, 0.05) is 19.0 Å². The number of amides is 1. The van der Waals surface area contributed by atoms with E-state index >= 15 is 0 Å². The molecule has 0 atom stereocenters. The lowest BCUT2D eigenvalue weighted by Crippen LogP contribution is -2.46. The average Bonchev–Trinajstić information content (AvgIpc) is 2.91. The minimum atomic E-state index is -0.0178. The maximum atomic E-state index is 12.3. The number of hydrogen-bond donors (Lipinski definition) is 2. The van der Waals surface area contributed by atoms with E-state index < -0.39 is 0 Å². The van der Waals surface area contributed by atoms with Gasteiger partial charge in [0.15, 0.2) is 0 Å². The number of hydrogen-bond acceptors (Lipinski definition) is 5. The molecule has 3 N–H and O–H groups in total. The van der Waals surface area contributed by atoms with Crippen LogP contribution in [0.3, 0.4) is 0 Å². The molecule has 1 aromatic rings. The van der Waals surface area contributed by atoms with Gasteiger partial charge in [0.2, 0.25) is 11.8 Å². The Morgan fingerprint density at radius 1 is 1.29 bits per heavy atom. The lowest BCUT2D eigenvalue weighted by atomic mass is 9.48. The molecule has 1 heterocycles. The number of nitrogens with zero attached hydrogens (tertiary/aromatic N) is 2. The van der Waals surface area contributed by atoms with E-state index in [1.54, 1.807) is 0 Å². The van der Waals surface area contributed by atoms with Gasteiger partial charge in [-0.3, -0.25) is 4.79 Å². The molecule has 0 aliphatic heterocycles. The maximum absolute atomic E-state index is 12.3. The van der Waals surface area contributed by atoms with Crippen molar-refractivity contribution in [2.75, 3.05) is 12.3 Å². The van der Waals surface area contributed by atoms with E-state index in [1.807, 2.05) is 6.08 Å². The molecule has 1 amide bonds. The number of nitrogens with two attached hydrogens (primary N) is 1. The molecule has 4 aliphatic carbocycles. The van der Waals surface area contributed by atoms with E-state index in [9.17, 15) is 4.79 Å². The molecule has 6 heteroatoms. The standard InChI is InChI=1S/C18H26N4O2/c1-11(4-15(23)20-3-2-16-21-17(19)22-24-16)18-8-12-5-13(9-18)7-14(6-12)10-18/h4,12-14H,2-3,5-10H2,1H3,(H2,19,22)(H,20,23)/b11-4+. The van der Waals surface area contributed by atoms with Crippen LogP contribution in [0, 0.1) is 23.2 Å². The normalized spacial score (nSPS) is 34.5. The second-order valence-corrected chi connectivity index (χ2v) is 8.11. The SMILES string of the molecule is C/C(=C\C(=O)NCCc1nc(N)no1)C12CC3CC(CC(C3)C1)C2. The van der Waals surface area contributed by atoms with Crippen LogP contribution in [-0.2, 0) is 11.2 Å². The molecule has 0 unspecified atom stereocenters. The average molecular weight is 330 g/mol. The molecule has 4 bridgehead atoms. The van der Waals surface area contributed by atoms with E-state index in [0.717, 1.165) is 17.8 Å². The smallest absolute Gasteiger partial charge is 0.260 e. The summed E-state index contributed by atoms with van der Waals surface area (Å²) in [4.78, 5) is 16.2. The first-order chi connectivity index (χ1) is 11.5. The molecular formula is C18H26N4O2. The molecule has 5 rings (SSSR count). The van der Waals surface area contributed by atoms with E-state index in [-0.39, 0.29) is 11.9 Å². The number of rotatable bonds is 5. The monoisotopic (exact) mass is 330 g/mol. The third-order valence-corrected chi connectivity index (χ3v) is 6.34. The van der Waals surface area contributed by atoms with Crippen molar-refractivity contribution < 1.29 is 9.32 Å². The van der Waals surface area contributed by atoms with Gasteiger partial charge in [-0.05, 0) is 73.8 Å². The number of carbonyl (C=O) groups excluding carboxylic acids is 1. The summed E-state index contributed by atoms with van der Waals surface area (Å²) < 4.78 is 4.94. The highest BCUT2D eigenvalue weighted by Crippen LogP contribution is 2.62. The minimum Gasteiger partial charge on any atom is -0.365 e. The Balaban J connectivity index is 1.35. The van der Waals surface area contributed by atoms with Crippen molar-refractivity contribution in [3.63, 3.8) is 0 Å². The fourth-order valence-corrected chi connectivity index (χ4v) is 5.66. The van der Waals surface area contributed by atoms with Crippen LogP contribution in [0.15, 0.2) is 16.2 Å². The van der Waals surface area contributed by atoms with Crippen LogP contribution in [0.1, 0.15) is 51.3 Å². The van der Waals surface area contributed by atoms with Crippen molar-refractivity contribution in [2.45, 2.75) is 51.9 Å². The van der Waals surface area contributed by atoms with Gasteiger partial charge in [-0.1, -0.05) is 5.57 Å². The number of allylic oxidation sites excluding steroid dienone is 1. The van der Waals surface area contributed by atoms with Gasteiger partial charge in [-0.2, -0.15) is 4.98 Å². The van der Waals surface area contributed by atoms with Crippen molar-refractivity contribution in [3.05, 3.63) is 17.5 Å². The van der Waals surface area contributed by atoms with Gasteiger partial charge in [0.1, 0.15) is 0 Å². The van der Waals surface area contributed by atoms with Crippen LogP contribution in [-0.4, -0.2) is 22.6 Å². The van der Waals surface area contributed by atoms with Gasteiger partial charge in [0.25, 0.3) is 5.95 Å². The predicted molar refractivity (Wildman–Crippen MR) is 89.8 cm³/mol. The first-order valence-corrected chi connectivity index (χ1v) is 9.07. The third kappa shape index (κ3) is 2.94. The number of carbonyl (C=O) groups is 1. The van der Waals surface area contributed by atoms with Crippen molar-refractivity contribution in [1.82, 2.24) is 15.5 Å². The zero-order chi connectivity index (χ0) is 16.7. The van der Waals surface area contributed by atoms with Gasteiger partial charge < -0.3 is 15.6 Å². The second-order valence-electron chi connectivity index (χ2n) is 8.11. The second kappa shape index (κ2) is 5.90. The molecule has 6 nitrogen and oxygen atoms in total. The van der Waals surface area contributed by atoms with Gasteiger partial charge in [-0.15, -0.1) is 0 Å². The molecule has 0 radical (unpaired) electrons. The van der Waals surface area contributed by atoms with Gasteiger partial charge >= 0.3 is 0 Å². The highest BCUT2D eigenvalue weighted by molar-refractivity contribution is 5.88. The van der Waals surface area contributed by atoms with Crippen molar-refractivity contribution in [2.24, 2.45) is 23.2 Å². The quantitative estimate of drug-likeness (QED) is 0.809. The molecule has 4 fully saturated rings. The molecule has 0 spiro atoms. The van der Waals surface area contributed by atoms with E-state index in [0.29, 0.717) is 24.3 Å². The van der Waals surface area contributed by atoms with Crippen molar-refractivity contribution >= 4 is 11.9 Å². The summed E-state index contributed by atoms with van der Waals surface area (Å²) in [5.41, 5.74) is 6.98. The summed E-state index contributed by atoms with van der Waals surface area (Å²) >= 11 is 0. The van der Waals surface area contributed by atoms with Crippen molar-refractivity contribution in [3.8, 4) is 0 Å². The zero-order valence-electron chi connectivity index (χ0n) is 14.3. The van der Waals surface area contributed by atoms with E-state index in [2.05, 4.69) is 22.4 Å². The highest BCUT2D eigenvalue weighted by atomic mass is 16.5. The Hall–Kier alpha value is -1.85. The summed E-state index contributed by atoms with van der Waals surface area (Å²) in [5, 5.41) is 6.46. The Labute approximate surface area is 142 Å². The minimum absolute atomic E-state index is 0.0178. The topological polar surface area (TPSA) is 94.0 Å². The Morgan fingerprint density at radius 3 is 2.46 bits per heavy atom. The fraction of sp³-hybridized carbons (Fsp3) is 0.722. The molecule has 1 aromatic heterocycles. The molecule has 4 aliphatic rings. The third-order valence-electron chi connectivity index (χ3n) is 6.34. The predicted octanol–water partition coefficient (Wildman–Crippen LogP) is 2.47. The first-order valence-electron chi connectivity index (χ1n) is 9.07. The molecule has 130 valence electrons. The largest absolute Gasteiger partial charge is 0.365 e. The van der Waals surface area contributed by atoms with E-state index in [4.69, 9.17) is 10.3 Å². The summed E-state index contributed by atoms with van der Waals surface area (Å²) in [6.45, 7) is 2.64. The number of nitrogen functional groups attached to an aromatic ring is 1. The Bertz CT molecular complexity index is 628. The summed E-state index contributed by atoms with van der Waals surface area (Å²) in [6, 6.07) is 0. The van der Waals surface area contributed by atoms with Gasteiger partial charge in [0.05, 0.1) is 0 Å². The molecule has 0 saturated heterocycles. The summed E-state index contributed by atoms with van der Waals surface area (Å²) in [5.74, 6) is 3.25. The Kier molecular flexibility index (Phi) is 3.85. The van der Waals surface area contributed by atoms with Crippen LogP contribution < -0.4 is 11.1 Å². The summed E-state index contributed by atoms with van der Waals surface area (Å²) in [6.07, 6.45) is 10.5.